The number of aromatic nitrogens is 7. The van der Waals surface area contributed by atoms with Crippen LogP contribution in [0.15, 0.2) is 43.0 Å². The standard InChI is InChI=1S/C24H19ClF2N8O2/c25-15-2-4-18(34-11-30-32-33-34)21(23(15)27)12-7-13-1-3-19(35(13)20(37)8-12)24-29-9-16(31-24)14-5-6-28-17(10-36)22(14)26/h2,4-6,8-9,11,13,19,36H,1,3,7,10H2,(H,29,31)/t13-,19+/m1/s1. The molecule has 3 aromatic heterocycles. The van der Waals surface area contributed by atoms with Crippen LogP contribution in [0.1, 0.15) is 42.4 Å². The van der Waals surface area contributed by atoms with E-state index in [1.807, 2.05) is 0 Å². The molecule has 4 aromatic rings. The lowest BCUT2D eigenvalue weighted by Gasteiger charge is -2.33. The molecule has 0 aliphatic carbocycles. The highest BCUT2D eigenvalue weighted by molar-refractivity contribution is 6.31. The first kappa shape index (κ1) is 23.4. The van der Waals surface area contributed by atoms with E-state index in [0.29, 0.717) is 42.0 Å². The number of imidazole rings is 1. The van der Waals surface area contributed by atoms with Gasteiger partial charge in [-0.2, -0.15) is 4.68 Å². The van der Waals surface area contributed by atoms with Crippen LogP contribution in [-0.4, -0.2) is 57.1 Å². The van der Waals surface area contributed by atoms with Gasteiger partial charge in [-0.15, -0.1) is 5.10 Å². The van der Waals surface area contributed by atoms with Crippen LogP contribution < -0.4 is 0 Å². The molecule has 1 saturated heterocycles. The van der Waals surface area contributed by atoms with Gasteiger partial charge in [0.05, 0.1) is 35.2 Å². The van der Waals surface area contributed by atoms with Crippen molar-refractivity contribution in [1.29, 1.82) is 0 Å². The number of aliphatic hydroxyl groups is 1. The normalized spacial score (nSPS) is 19.3. The van der Waals surface area contributed by atoms with Gasteiger partial charge in [0.15, 0.2) is 11.6 Å². The highest BCUT2D eigenvalue weighted by Crippen LogP contribution is 2.44. The molecular formula is C24H19ClF2N8O2. The smallest absolute Gasteiger partial charge is 0.247 e. The Hall–Kier alpha value is -4.03. The summed E-state index contributed by atoms with van der Waals surface area (Å²) in [7, 11) is 0. The Morgan fingerprint density at radius 3 is 2.81 bits per heavy atom. The number of benzene rings is 1. The van der Waals surface area contributed by atoms with Crippen LogP contribution in [0.2, 0.25) is 5.02 Å². The Morgan fingerprint density at radius 2 is 2.03 bits per heavy atom. The van der Waals surface area contributed by atoms with Gasteiger partial charge in [0, 0.05) is 29.4 Å². The Morgan fingerprint density at radius 1 is 1.16 bits per heavy atom. The van der Waals surface area contributed by atoms with Gasteiger partial charge in [-0.1, -0.05) is 11.6 Å². The molecule has 0 saturated carbocycles. The number of carbonyl (C=O) groups excluding carboxylic acids is 1. The van der Waals surface area contributed by atoms with E-state index in [0.717, 1.165) is 0 Å². The molecule has 1 fully saturated rings. The quantitative estimate of drug-likeness (QED) is 0.410. The van der Waals surface area contributed by atoms with Gasteiger partial charge in [0.2, 0.25) is 5.91 Å². The Labute approximate surface area is 213 Å². The van der Waals surface area contributed by atoms with Crippen LogP contribution >= 0.6 is 11.6 Å². The van der Waals surface area contributed by atoms with Crippen molar-refractivity contribution in [1.82, 2.24) is 40.1 Å². The van der Waals surface area contributed by atoms with E-state index in [-0.39, 0.29) is 39.8 Å². The average molecular weight is 525 g/mol. The number of tetrazole rings is 1. The van der Waals surface area contributed by atoms with Crippen molar-refractivity contribution in [2.75, 3.05) is 0 Å². The van der Waals surface area contributed by atoms with E-state index in [9.17, 15) is 14.3 Å². The minimum absolute atomic E-state index is 0.0623. The summed E-state index contributed by atoms with van der Waals surface area (Å²) >= 11 is 6.08. The van der Waals surface area contributed by atoms with Crippen LogP contribution in [0.25, 0.3) is 22.5 Å². The fraction of sp³-hybridized carbons (Fsp3) is 0.250. The lowest BCUT2D eigenvalue weighted by atomic mass is 9.92. The van der Waals surface area contributed by atoms with E-state index in [4.69, 9.17) is 11.6 Å². The van der Waals surface area contributed by atoms with Gasteiger partial charge in [0.25, 0.3) is 0 Å². The summed E-state index contributed by atoms with van der Waals surface area (Å²) in [5.41, 5.74) is 1.66. The predicted octanol–water partition coefficient (Wildman–Crippen LogP) is 3.39. The first-order chi connectivity index (χ1) is 18.0. The molecule has 2 atom stereocenters. The number of pyridine rings is 1. The number of aromatic amines is 1. The molecule has 13 heteroatoms. The molecule has 0 radical (unpaired) electrons. The number of nitrogens with zero attached hydrogens (tertiary/aromatic N) is 7. The van der Waals surface area contributed by atoms with E-state index in [1.54, 1.807) is 11.0 Å². The topological polar surface area (TPSA) is 126 Å². The van der Waals surface area contributed by atoms with Gasteiger partial charge in [-0.25, -0.2) is 13.8 Å². The monoisotopic (exact) mass is 524 g/mol. The molecule has 6 rings (SSSR count). The first-order valence-corrected chi connectivity index (χ1v) is 11.9. The summed E-state index contributed by atoms with van der Waals surface area (Å²) in [5, 5.41) is 20.3. The molecule has 10 nitrogen and oxygen atoms in total. The fourth-order valence-electron chi connectivity index (χ4n) is 5.15. The Bertz CT molecular complexity index is 1540. The molecule has 2 N–H and O–H groups in total. The number of hydrogen-bond acceptors (Lipinski definition) is 7. The number of amides is 1. The van der Waals surface area contributed by atoms with Crippen LogP contribution in [0.3, 0.4) is 0 Å². The third-order valence-electron chi connectivity index (χ3n) is 6.81. The Balaban J connectivity index is 1.33. The van der Waals surface area contributed by atoms with Crippen LogP contribution in [0, 0.1) is 11.6 Å². The largest absolute Gasteiger partial charge is 0.390 e. The van der Waals surface area contributed by atoms with Crippen molar-refractivity contribution in [3.8, 4) is 16.9 Å². The third-order valence-corrected chi connectivity index (χ3v) is 7.10. The first-order valence-electron chi connectivity index (χ1n) is 11.5. The van der Waals surface area contributed by atoms with Crippen LogP contribution in [0.4, 0.5) is 8.78 Å². The maximum Gasteiger partial charge on any atom is 0.247 e. The number of nitrogens with one attached hydrogen (secondary N) is 1. The van der Waals surface area contributed by atoms with E-state index in [1.165, 1.54) is 41.6 Å². The minimum atomic E-state index is -0.644. The maximum atomic E-state index is 15.3. The SMILES string of the molecule is O=C1C=C(c2c(-n3cnnn3)ccc(Cl)c2F)C[C@H]2CC[C@@H](c3ncc(-c4ccnc(CO)c4F)[nH]3)N12. The van der Waals surface area contributed by atoms with Crippen LogP contribution in [-0.2, 0) is 11.4 Å². The van der Waals surface area contributed by atoms with Crippen molar-refractivity contribution in [3.05, 3.63) is 76.7 Å². The zero-order valence-electron chi connectivity index (χ0n) is 19.1. The molecule has 2 aliphatic rings. The number of fused-ring (bicyclic) bond motifs is 1. The predicted molar refractivity (Wildman–Crippen MR) is 127 cm³/mol. The van der Waals surface area contributed by atoms with Crippen molar-refractivity contribution >= 4 is 23.1 Å². The third kappa shape index (κ3) is 3.89. The van der Waals surface area contributed by atoms with Crippen molar-refractivity contribution in [2.45, 2.75) is 38.0 Å². The zero-order valence-corrected chi connectivity index (χ0v) is 19.9. The van der Waals surface area contributed by atoms with Gasteiger partial charge >= 0.3 is 0 Å². The minimum Gasteiger partial charge on any atom is -0.390 e. The van der Waals surface area contributed by atoms with Crippen molar-refractivity contribution < 1.29 is 18.7 Å². The molecule has 0 spiro atoms. The van der Waals surface area contributed by atoms with Gasteiger partial charge in [-0.05, 0) is 53.5 Å². The molecule has 1 amide bonds. The number of carbonyl (C=O) groups is 1. The molecule has 37 heavy (non-hydrogen) atoms. The average Bonchev–Trinajstić information content (AvgIpc) is 3.66. The van der Waals surface area contributed by atoms with E-state index in [2.05, 4.69) is 30.5 Å². The number of hydrogen-bond donors (Lipinski definition) is 2. The Kier molecular flexibility index (Phi) is 5.76. The molecule has 2 aliphatic heterocycles. The molecule has 0 unspecified atom stereocenters. The maximum absolute atomic E-state index is 15.3. The number of H-pyrrole nitrogens is 1. The molecule has 188 valence electrons. The van der Waals surface area contributed by atoms with Crippen LogP contribution in [0.5, 0.6) is 0 Å². The summed E-state index contributed by atoms with van der Waals surface area (Å²) < 4.78 is 31.3. The summed E-state index contributed by atoms with van der Waals surface area (Å²) in [5.74, 6) is -1.04. The highest BCUT2D eigenvalue weighted by Gasteiger charge is 2.42. The number of aliphatic hydroxyl groups excluding tert-OH is 1. The van der Waals surface area contributed by atoms with Crippen molar-refractivity contribution in [2.24, 2.45) is 0 Å². The van der Waals surface area contributed by atoms with E-state index >= 15 is 4.39 Å². The van der Waals surface area contributed by atoms with E-state index < -0.39 is 18.2 Å². The van der Waals surface area contributed by atoms with Gasteiger partial charge in [0.1, 0.15) is 17.8 Å². The second kappa shape index (κ2) is 9.12. The summed E-state index contributed by atoms with van der Waals surface area (Å²) in [6.07, 6.45) is 7.37. The molecular weight excluding hydrogens is 506 g/mol. The summed E-state index contributed by atoms with van der Waals surface area (Å²) in [4.78, 5) is 26.5. The second-order valence-corrected chi connectivity index (χ2v) is 9.24. The number of rotatable bonds is 5. The van der Waals surface area contributed by atoms with Gasteiger partial charge in [-0.3, -0.25) is 9.78 Å². The number of halogens is 3. The fourth-order valence-corrected chi connectivity index (χ4v) is 5.31. The van der Waals surface area contributed by atoms with Gasteiger partial charge < -0.3 is 15.0 Å². The van der Waals surface area contributed by atoms with Crippen molar-refractivity contribution in [3.63, 3.8) is 0 Å². The summed E-state index contributed by atoms with van der Waals surface area (Å²) in [6, 6.07) is 3.98. The zero-order chi connectivity index (χ0) is 25.7. The molecule has 1 aromatic carbocycles. The lowest BCUT2D eigenvalue weighted by Crippen LogP contribution is -2.39. The lowest BCUT2D eigenvalue weighted by molar-refractivity contribution is -0.129. The molecule has 0 bridgehead atoms. The summed E-state index contributed by atoms with van der Waals surface area (Å²) in [6.45, 7) is -0.524. The molecule has 5 heterocycles. The highest BCUT2D eigenvalue weighted by atomic mass is 35.5. The second-order valence-electron chi connectivity index (χ2n) is 8.84.